The topological polar surface area (TPSA) is 3.24 Å². The van der Waals surface area contributed by atoms with Gasteiger partial charge in [0.15, 0.2) is 0 Å². The van der Waals surface area contributed by atoms with Crippen LogP contribution in [0.3, 0.4) is 0 Å². The zero-order valence-corrected chi connectivity index (χ0v) is 11.7. The molecule has 0 aromatic carbocycles. The van der Waals surface area contributed by atoms with Crippen molar-refractivity contribution in [1.29, 1.82) is 0 Å². The van der Waals surface area contributed by atoms with Gasteiger partial charge < -0.3 is 0 Å². The Labute approximate surface area is 102 Å². The van der Waals surface area contributed by atoms with Gasteiger partial charge in [0.2, 0.25) is 0 Å². The monoisotopic (exact) mass is 223 g/mol. The largest absolute Gasteiger partial charge is 0.290 e. The average Bonchev–Trinajstić information content (AvgIpc) is 2.16. The van der Waals surface area contributed by atoms with Gasteiger partial charge >= 0.3 is 0 Å². The molecule has 2 rings (SSSR count). The van der Waals surface area contributed by atoms with Gasteiger partial charge in [0.25, 0.3) is 0 Å². The Morgan fingerprint density at radius 3 is 1.75 bits per heavy atom. The van der Waals surface area contributed by atoms with E-state index in [0.29, 0.717) is 11.1 Å². The van der Waals surface area contributed by atoms with Crippen LogP contribution in [-0.4, -0.2) is 22.0 Å². The first kappa shape index (κ1) is 12.4. The van der Waals surface area contributed by atoms with Gasteiger partial charge in [-0.25, -0.2) is 0 Å². The minimum atomic E-state index is 0.420. The Balaban J connectivity index is 2.18. The normalized spacial score (nSPS) is 31.5. The Morgan fingerprint density at radius 2 is 1.25 bits per heavy atom. The van der Waals surface area contributed by atoms with Crippen molar-refractivity contribution in [2.75, 3.05) is 0 Å². The lowest BCUT2D eigenvalue weighted by Gasteiger charge is -2.57. The van der Waals surface area contributed by atoms with E-state index in [4.69, 9.17) is 0 Å². The molecule has 1 heteroatoms. The molecule has 16 heavy (non-hydrogen) atoms. The summed E-state index contributed by atoms with van der Waals surface area (Å²) in [5, 5.41) is 0. The van der Waals surface area contributed by atoms with Gasteiger partial charge in [-0.3, -0.25) is 4.90 Å². The smallest absolute Gasteiger partial charge is 0.0161 e. The predicted octanol–water partition coefficient (Wildman–Crippen LogP) is 4.36. The zero-order valence-electron chi connectivity index (χ0n) is 11.7. The first-order valence-corrected chi connectivity index (χ1v) is 7.23. The van der Waals surface area contributed by atoms with E-state index < -0.39 is 0 Å². The van der Waals surface area contributed by atoms with Crippen LogP contribution in [0.1, 0.15) is 79.1 Å². The molecule has 0 unspecified atom stereocenters. The summed E-state index contributed by atoms with van der Waals surface area (Å²) in [4.78, 5) is 2.88. The Morgan fingerprint density at radius 1 is 0.750 bits per heavy atom. The predicted molar refractivity (Wildman–Crippen MR) is 70.7 cm³/mol. The van der Waals surface area contributed by atoms with E-state index in [2.05, 4.69) is 32.6 Å². The fraction of sp³-hybridized carbons (Fsp3) is 1.00. The number of nitrogens with zero attached hydrogens (tertiary/aromatic N) is 1. The van der Waals surface area contributed by atoms with Gasteiger partial charge in [0.05, 0.1) is 0 Å². The molecule has 1 saturated heterocycles. The van der Waals surface area contributed by atoms with Crippen molar-refractivity contribution in [3.05, 3.63) is 0 Å². The summed E-state index contributed by atoms with van der Waals surface area (Å²) >= 11 is 0. The van der Waals surface area contributed by atoms with Crippen molar-refractivity contribution >= 4 is 0 Å². The van der Waals surface area contributed by atoms with E-state index in [1.807, 2.05) is 0 Å². The lowest BCUT2D eigenvalue weighted by molar-refractivity contribution is -0.0706. The van der Waals surface area contributed by atoms with Gasteiger partial charge in [-0.15, -0.1) is 0 Å². The lowest BCUT2D eigenvalue weighted by Crippen LogP contribution is -2.62. The summed E-state index contributed by atoms with van der Waals surface area (Å²) in [5.41, 5.74) is 0.841. The number of likely N-dealkylation sites (tertiary alicyclic amines) is 1. The van der Waals surface area contributed by atoms with Gasteiger partial charge in [0, 0.05) is 17.1 Å². The maximum atomic E-state index is 2.88. The molecule has 0 bridgehead atoms. The lowest BCUT2D eigenvalue weighted by atomic mass is 9.76. The summed E-state index contributed by atoms with van der Waals surface area (Å²) < 4.78 is 0. The van der Waals surface area contributed by atoms with Crippen molar-refractivity contribution < 1.29 is 0 Å². The summed E-state index contributed by atoms with van der Waals surface area (Å²) in [7, 11) is 0. The van der Waals surface area contributed by atoms with Crippen molar-refractivity contribution in [2.45, 2.75) is 96.2 Å². The molecule has 1 nitrogen and oxygen atoms in total. The molecule has 0 aromatic heterocycles. The van der Waals surface area contributed by atoms with Crippen LogP contribution in [0.25, 0.3) is 0 Å². The van der Waals surface area contributed by atoms with E-state index in [1.54, 1.807) is 0 Å². The zero-order chi connectivity index (χ0) is 11.8. The fourth-order valence-electron chi connectivity index (χ4n) is 4.34. The maximum Gasteiger partial charge on any atom is 0.0161 e. The van der Waals surface area contributed by atoms with Gasteiger partial charge in [0.1, 0.15) is 0 Å². The molecule has 0 radical (unpaired) electrons. The molecule has 0 spiro atoms. The number of piperidine rings is 1. The van der Waals surface area contributed by atoms with Crippen LogP contribution < -0.4 is 0 Å². The first-order chi connectivity index (χ1) is 7.43. The minimum absolute atomic E-state index is 0.420. The summed E-state index contributed by atoms with van der Waals surface area (Å²) in [6.45, 7) is 9.84. The second-order valence-corrected chi connectivity index (χ2v) is 7.14. The van der Waals surface area contributed by atoms with Crippen LogP contribution in [0.15, 0.2) is 0 Å². The highest BCUT2D eigenvalue weighted by Crippen LogP contribution is 2.42. The highest BCUT2D eigenvalue weighted by Gasteiger charge is 2.44. The first-order valence-electron chi connectivity index (χ1n) is 7.23. The van der Waals surface area contributed by atoms with Gasteiger partial charge in [-0.05, 0) is 59.8 Å². The molecular formula is C15H29N. The Hall–Kier alpha value is -0.0400. The van der Waals surface area contributed by atoms with E-state index in [9.17, 15) is 0 Å². The molecule has 0 amide bonds. The maximum absolute atomic E-state index is 2.88. The molecule has 1 saturated carbocycles. The van der Waals surface area contributed by atoms with Crippen LogP contribution in [0.4, 0.5) is 0 Å². The molecule has 2 aliphatic rings. The Kier molecular flexibility index (Phi) is 3.36. The number of rotatable bonds is 1. The third-order valence-electron chi connectivity index (χ3n) is 4.82. The third kappa shape index (κ3) is 2.30. The SMILES string of the molecule is CC1(C)CCCC(C)(C)N1C1CCCCC1. The molecule has 2 fully saturated rings. The highest BCUT2D eigenvalue weighted by atomic mass is 15.3. The second-order valence-electron chi connectivity index (χ2n) is 7.14. The van der Waals surface area contributed by atoms with Crippen molar-refractivity contribution in [3.63, 3.8) is 0 Å². The van der Waals surface area contributed by atoms with Crippen LogP contribution in [0.5, 0.6) is 0 Å². The molecule has 1 aliphatic carbocycles. The van der Waals surface area contributed by atoms with Crippen LogP contribution in [0, 0.1) is 0 Å². The molecule has 1 heterocycles. The molecule has 0 aromatic rings. The van der Waals surface area contributed by atoms with Gasteiger partial charge in [-0.2, -0.15) is 0 Å². The van der Waals surface area contributed by atoms with E-state index in [1.165, 1.54) is 51.4 Å². The molecule has 94 valence electrons. The molecule has 0 N–H and O–H groups in total. The van der Waals surface area contributed by atoms with E-state index in [-0.39, 0.29) is 0 Å². The summed E-state index contributed by atoms with van der Waals surface area (Å²) in [6.07, 6.45) is 11.4. The van der Waals surface area contributed by atoms with Crippen molar-refractivity contribution in [1.82, 2.24) is 4.90 Å². The number of hydrogen-bond donors (Lipinski definition) is 0. The standard InChI is InChI=1S/C15H29N/c1-14(2)11-8-12-15(3,4)16(14)13-9-6-5-7-10-13/h13H,5-12H2,1-4H3. The second kappa shape index (κ2) is 4.33. The van der Waals surface area contributed by atoms with Crippen LogP contribution in [0.2, 0.25) is 0 Å². The molecular weight excluding hydrogens is 194 g/mol. The fourth-order valence-corrected chi connectivity index (χ4v) is 4.34. The minimum Gasteiger partial charge on any atom is -0.290 e. The number of hydrogen-bond acceptors (Lipinski definition) is 1. The quantitative estimate of drug-likeness (QED) is 0.638. The van der Waals surface area contributed by atoms with E-state index in [0.717, 1.165) is 6.04 Å². The van der Waals surface area contributed by atoms with Crippen molar-refractivity contribution in [3.8, 4) is 0 Å². The Bertz CT molecular complexity index is 220. The highest BCUT2D eigenvalue weighted by molar-refractivity contribution is 5.00. The van der Waals surface area contributed by atoms with Crippen molar-refractivity contribution in [2.24, 2.45) is 0 Å². The van der Waals surface area contributed by atoms with Crippen LogP contribution >= 0.6 is 0 Å². The molecule has 0 atom stereocenters. The third-order valence-corrected chi connectivity index (χ3v) is 4.82. The molecule has 1 aliphatic heterocycles. The van der Waals surface area contributed by atoms with E-state index >= 15 is 0 Å². The summed E-state index contributed by atoms with van der Waals surface area (Å²) in [5.74, 6) is 0. The summed E-state index contributed by atoms with van der Waals surface area (Å²) in [6, 6.07) is 0.860. The average molecular weight is 223 g/mol. The van der Waals surface area contributed by atoms with Crippen LogP contribution in [-0.2, 0) is 0 Å². The van der Waals surface area contributed by atoms with Gasteiger partial charge in [-0.1, -0.05) is 19.3 Å².